The Morgan fingerprint density at radius 1 is 1.50 bits per heavy atom. The molecule has 0 saturated heterocycles. The number of hydrogen-bond acceptors (Lipinski definition) is 3. The molecule has 1 heterocycles. The van der Waals surface area contributed by atoms with E-state index in [-0.39, 0.29) is 5.69 Å². The van der Waals surface area contributed by atoms with Gasteiger partial charge in [-0.15, -0.1) is 0 Å². The molecule has 0 radical (unpaired) electrons. The van der Waals surface area contributed by atoms with Crippen LogP contribution in [0.3, 0.4) is 0 Å². The number of benzene rings is 1. The second-order valence-electron chi connectivity index (χ2n) is 3.90. The van der Waals surface area contributed by atoms with Crippen LogP contribution in [0.25, 0.3) is 5.69 Å². The molecule has 2 rings (SSSR count). The summed E-state index contributed by atoms with van der Waals surface area (Å²) in [6, 6.07) is 6.98. The quantitative estimate of drug-likeness (QED) is 0.907. The standard InChI is InChI=1S/C12H12BrN3O2/c1-7(17)8-2-3-11(9(13)6-8)16-5-4-10(15-16)12(14)18/h2-7,17H,1H3,(H2,14,18)/t7-/m1/s1. The largest absolute Gasteiger partial charge is 0.389 e. The Labute approximate surface area is 112 Å². The number of hydrogen-bond donors (Lipinski definition) is 2. The number of rotatable bonds is 3. The third-order valence-electron chi connectivity index (χ3n) is 2.54. The molecule has 0 unspecified atom stereocenters. The highest BCUT2D eigenvalue weighted by Gasteiger charge is 2.10. The first kappa shape index (κ1) is 12.8. The molecule has 0 aliphatic heterocycles. The lowest BCUT2D eigenvalue weighted by atomic mass is 10.1. The molecule has 2 aromatic rings. The van der Waals surface area contributed by atoms with Gasteiger partial charge in [0.05, 0.1) is 11.8 Å². The van der Waals surface area contributed by atoms with Gasteiger partial charge in [-0.25, -0.2) is 4.68 Å². The first-order valence-electron chi connectivity index (χ1n) is 5.32. The Balaban J connectivity index is 2.41. The van der Waals surface area contributed by atoms with Gasteiger partial charge in [-0.2, -0.15) is 5.10 Å². The number of nitrogens with zero attached hydrogens (tertiary/aromatic N) is 2. The Morgan fingerprint density at radius 3 is 2.72 bits per heavy atom. The zero-order valence-corrected chi connectivity index (χ0v) is 11.3. The first-order valence-corrected chi connectivity index (χ1v) is 6.11. The predicted molar refractivity (Wildman–Crippen MR) is 70.4 cm³/mol. The van der Waals surface area contributed by atoms with Crippen molar-refractivity contribution in [3.05, 3.63) is 46.2 Å². The van der Waals surface area contributed by atoms with E-state index in [2.05, 4.69) is 21.0 Å². The minimum Gasteiger partial charge on any atom is -0.389 e. The van der Waals surface area contributed by atoms with E-state index in [0.717, 1.165) is 15.7 Å². The van der Waals surface area contributed by atoms with Crippen molar-refractivity contribution >= 4 is 21.8 Å². The molecule has 0 fully saturated rings. The molecule has 5 nitrogen and oxygen atoms in total. The molecule has 0 aliphatic rings. The number of primary amides is 1. The van der Waals surface area contributed by atoms with Gasteiger partial charge in [0.1, 0.15) is 5.69 Å². The zero-order valence-electron chi connectivity index (χ0n) is 9.67. The van der Waals surface area contributed by atoms with Gasteiger partial charge >= 0.3 is 0 Å². The summed E-state index contributed by atoms with van der Waals surface area (Å²) in [6.07, 6.45) is 1.12. The molecule has 18 heavy (non-hydrogen) atoms. The van der Waals surface area contributed by atoms with E-state index in [9.17, 15) is 9.90 Å². The van der Waals surface area contributed by atoms with Gasteiger partial charge in [-0.1, -0.05) is 6.07 Å². The maximum absolute atomic E-state index is 11.0. The predicted octanol–water partition coefficient (Wildman–Crippen LogP) is 1.79. The van der Waals surface area contributed by atoms with Gasteiger partial charge in [-0.05, 0) is 46.6 Å². The van der Waals surface area contributed by atoms with Crippen LogP contribution in [-0.2, 0) is 0 Å². The monoisotopic (exact) mass is 309 g/mol. The lowest BCUT2D eigenvalue weighted by Gasteiger charge is -2.09. The molecule has 0 saturated carbocycles. The van der Waals surface area contributed by atoms with Crippen LogP contribution >= 0.6 is 15.9 Å². The van der Waals surface area contributed by atoms with Crippen molar-refractivity contribution in [1.29, 1.82) is 0 Å². The Hall–Kier alpha value is -1.66. The van der Waals surface area contributed by atoms with Crippen LogP contribution in [0.4, 0.5) is 0 Å². The molecule has 1 atom stereocenters. The van der Waals surface area contributed by atoms with Crippen LogP contribution < -0.4 is 5.73 Å². The number of aliphatic hydroxyl groups excluding tert-OH is 1. The third kappa shape index (κ3) is 2.44. The van der Waals surface area contributed by atoms with Crippen molar-refractivity contribution in [1.82, 2.24) is 9.78 Å². The van der Waals surface area contributed by atoms with Crippen LogP contribution in [0.2, 0.25) is 0 Å². The molecule has 0 aliphatic carbocycles. The Morgan fingerprint density at radius 2 is 2.22 bits per heavy atom. The molecule has 1 aromatic heterocycles. The van der Waals surface area contributed by atoms with Crippen molar-refractivity contribution in [2.75, 3.05) is 0 Å². The van der Waals surface area contributed by atoms with E-state index in [1.807, 2.05) is 12.1 Å². The summed E-state index contributed by atoms with van der Waals surface area (Å²) >= 11 is 3.41. The summed E-state index contributed by atoms with van der Waals surface area (Å²) in [5.41, 5.74) is 6.93. The summed E-state index contributed by atoms with van der Waals surface area (Å²) in [4.78, 5) is 11.0. The lowest BCUT2D eigenvalue weighted by molar-refractivity contribution is 0.0995. The molecule has 1 amide bonds. The van der Waals surface area contributed by atoms with Gasteiger partial charge in [0.2, 0.25) is 0 Å². The molecular formula is C12H12BrN3O2. The van der Waals surface area contributed by atoms with Crippen molar-refractivity contribution in [3.63, 3.8) is 0 Å². The van der Waals surface area contributed by atoms with E-state index < -0.39 is 12.0 Å². The highest BCUT2D eigenvalue weighted by atomic mass is 79.9. The lowest BCUT2D eigenvalue weighted by Crippen LogP contribution is -2.12. The summed E-state index contributed by atoms with van der Waals surface area (Å²) < 4.78 is 2.33. The van der Waals surface area contributed by atoms with Gasteiger partial charge in [0.25, 0.3) is 5.91 Å². The fourth-order valence-electron chi connectivity index (χ4n) is 1.56. The van der Waals surface area contributed by atoms with Crippen LogP contribution in [-0.4, -0.2) is 20.8 Å². The average molecular weight is 310 g/mol. The van der Waals surface area contributed by atoms with Crippen LogP contribution in [0.5, 0.6) is 0 Å². The number of nitrogens with two attached hydrogens (primary N) is 1. The maximum atomic E-state index is 11.0. The highest BCUT2D eigenvalue weighted by molar-refractivity contribution is 9.10. The van der Waals surface area contributed by atoms with E-state index in [1.165, 1.54) is 0 Å². The molecule has 6 heteroatoms. The highest BCUT2D eigenvalue weighted by Crippen LogP contribution is 2.25. The molecular weight excluding hydrogens is 298 g/mol. The van der Waals surface area contributed by atoms with Gasteiger partial charge in [0, 0.05) is 10.7 Å². The van der Waals surface area contributed by atoms with E-state index >= 15 is 0 Å². The summed E-state index contributed by atoms with van der Waals surface area (Å²) in [6.45, 7) is 1.69. The third-order valence-corrected chi connectivity index (χ3v) is 3.18. The van der Waals surface area contributed by atoms with Crippen molar-refractivity contribution in [2.24, 2.45) is 5.73 Å². The average Bonchev–Trinajstić information content (AvgIpc) is 2.78. The SMILES string of the molecule is C[C@@H](O)c1ccc(-n2ccc(C(N)=O)n2)c(Br)c1. The van der Waals surface area contributed by atoms with Gasteiger partial charge in [-0.3, -0.25) is 4.79 Å². The first-order chi connectivity index (χ1) is 8.49. The molecule has 94 valence electrons. The maximum Gasteiger partial charge on any atom is 0.269 e. The number of aromatic nitrogens is 2. The number of carbonyl (C=O) groups is 1. The summed E-state index contributed by atoms with van der Waals surface area (Å²) in [7, 11) is 0. The van der Waals surface area contributed by atoms with E-state index in [0.29, 0.717) is 0 Å². The van der Waals surface area contributed by atoms with E-state index in [4.69, 9.17) is 5.73 Å². The van der Waals surface area contributed by atoms with Crippen LogP contribution in [0.15, 0.2) is 34.9 Å². The van der Waals surface area contributed by atoms with Crippen molar-refractivity contribution in [2.45, 2.75) is 13.0 Å². The summed E-state index contributed by atoms with van der Waals surface area (Å²) in [5.74, 6) is -0.564. The fourth-order valence-corrected chi connectivity index (χ4v) is 2.14. The molecule has 1 aromatic carbocycles. The van der Waals surface area contributed by atoms with E-state index in [1.54, 1.807) is 29.9 Å². The number of aliphatic hydroxyl groups is 1. The van der Waals surface area contributed by atoms with Crippen LogP contribution in [0, 0.1) is 0 Å². The smallest absolute Gasteiger partial charge is 0.269 e. The Kier molecular flexibility index (Phi) is 3.49. The topological polar surface area (TPSA) is 81.1 Å². The number of amides is 1. The zero-order chi connectivity index (χ0) is 13.3. The molecule has 3 N–H and O–H groups in total. The van der Waals surface area contributed by atoms with Crippen molar-refractivity contribution < 1.29 is 9.90 Å². The normalized spacial score (nSPS) is 12.4. The van der Waals surface area contributed by atoms with Gasteiger partial charge < -0.3 is 10.8 Å². The molecule has 0 bridgehead atoms. The summed E-state index contributed by atoms with van der Waals surface area (Å²) in [5, 5.41) is 13.5. The number of halogens is 1. The fraction of sp³-hybridized carbons (Fsp3) is 0.167. The molecule has 0 spiro atoms. The van der Waals surface area contributed by atoms with Gasteiger partial charge in [0.15, 0.2) is 0 Å². The Bertz CT molecular complexity index is 593. The second-order valence-corrected chi connectivity index (χ2v) is 4.75. The minimum absolute atomic E-state index is 0.210. The second kappa shape index (κ2) is 4.91. The van der Waals surface area contributed by atoms with Crippen molar-refractivity contribution in [3.8, 4) is 5.69 Å². The minimum atomic E-state index is -0.564. The van der Waals surface area contributed by atoms with Crippen LogP contribution in [0.1, 0.15) is 29.1 Å². The number of carbonyl (C=O) groups excluding carboxylic acids is 1.